The fourth-order valence-corrected chi connectivity index (χ4v) is 2.40. The van der Waals surface area contributed by atoms with Gasteiger partial charge in [-0.2, -0.15) is 5.10 Å². The third-order valence-corrected chi connectivity index (χ3v) is 3.54. The van der Waals surface area contributed by atoms with Crippen LogP contribution in [0.4, 0.5) is 0 Å². The number of ether oxygens (including phenoxy) is 1. The van der Waals surface area contributed by atoms with Crippen LogP contribution < -0.4 is 15.4 Å². The number of methoxy groups -OCH3 is 1. The van der Waals surface area contributed by atoms with E-state index < -0.39 is 6.04 Å². The van der Waals surface area contributed by atoms with Crippen LogP contribution in [0.15, 0.2) is 30.6 Å². The van der Waals surface area contributed by atoms with Crippen molar-refractivity contribution in [2.45, 2.75) is 12.6 Å². The lowest BCUT2D eigenvalue weighted by atomic mass is 10.1. The van der Waals surface area contributed by atoms with Crippen molar-refractivity contribution in [2.24, 2.45) is 7.05 Å². The smallest absolute Gasteiger partial charge is 0.242 e. The van der Waals surface area contributed by atoms with E-state index in [0.717, 1.165) is 11.1 Å². The van der Waals surface area contributed by atoms with Crippen molar-refractivity contribution in [3.05, 3.63) is 46.7 Å². The number of hydrogen-bond donors (Lipinski definition) is 2. The molecule has 0 spiro atoms. The molecule has 7 heteroatoms. The summed E-state index contributed by atoms with van der Waals surface area (Å²) in [5.74, 6) is 0.546. The molecule has 0 aliphatic rings. The second kappa shape index (κ2) is 7.29. The Morgan fingerprint density at radius 2 is 2.27 bits per heavy atom. The zero-order chi connectivity index (χ0) is 16.1. The normalized spacial score (nSPS) is 12.0. The maximum absolute atomic E-state index is 12.4. The molecule has 1 aromatic carbocycles. The van der Waals surface area contributed by atoms with E-state index in [0.29, 0.717) is 17.3 Å². The molecule has 2 aromatic rings. The summed E-state index contributed by atoms with van der Waals surface area (Å²) in [4.78, 5) is 12.4. The van der Waals surface area contributed by atoms with Crippen molar-refractivity contribution < 1.29 is 9.53 Å². The van der Waals surface area contributed by atoms with Gasteiger partial charge in [0, 0.05) is 35.9 Å². The van der Waals surface area contributed by atoms with Crippen LogP contribution in [0.3, 0.4) is 0 Å². The zero-order valence-electron chi connectivity index (χ0n) is 12.8. The summed E-state index contributed by atoms with van der Waals surface area (Å²) in [7, 11) is 5.13. The first kappa shape index (κ1) is 16.3. The Hall–Kier alpha value is -2.05. The molecule has 22 heavy (non-hydrogen) atoms. The minimum atomic E-state index is -0.459. The molecule has 118 valence electrons. The molecule has 6 nitrogen and oxygen atoms in total. The van der Waals surface area contributed by atoms with Crippen LogP contribution >= 0.6 is 11.6 Å². The van der Waals surface area contributed by atoms with Crippen LogP contribution in [0.25, 0.3) is 0 Å². The number of carbonyl (C=O) groups excluding carboxylic acids is 1. The quantitative estimate of drug-likeness (QED) is 0.848. The Labute approximate surface area is 134 Å². The molecule has 1 unspecified atom stereocenters. The summed E-state index contributed by atoms with van der Waals surface area (Å²) in [6.07, 6.45) is 3.47. The summed E-state index contributed by atoms with van der Waals surface area (Å²) >= 11 is 5.99. The monoisotopic (exact) mass is 322 g/mol. The molecular weight excluding hydrogens is 304 g/mol. The fourth-order valence-electron chi connectivity index (χ4n) is 2.21. The van der Waals surface area contributed by atoms with Gasteiger partial charge >= 0.3 is 0 Å². The lowest BCUT2D eigenvalue weighted by molar-refractivity contribution is -0.123. The average Bonchev–Trinajstić information content (AvgIpc) is 2.92. The predicted octanol–water partition coefficient (Wildman–Crippen LogP) is 1.66. The van der Waals surface area contributed by atoms with Gasteiger partial charge in [-0.3, -0.25) is 9.48 Å². The Morgan fingerprint density at radius 3 is 2.86 bits per heavy atom. The molecule has 1 atom stereocenters. The summed E-state index contributed by atoms with van der Waals surface area (Å²) < 4.78 is 6.93. The highest BCUT2D eigenvalue weighted by Crippen LogP contribution is 2.22. The topological polar surface area (TPSA) is 68.2 Å². The molecule has 0 saturated heterocycles. The SMILES string of the molecule is CNC(C(=O)NCc1cc(Cl)ccc1OC)c1cnn(C)c1. The van der Waals surface area contributed by atoms with Crippen molar-refractivity contribution in [1.82, 2.24) is 20.4 Å². The Kier molecular flexibility index (Phi) is 5.41. The first-order chi connectivity index (χ1) is 10.5. The Bertz CT molecular complexity index is 657. The first-order valence-corrected chi connectivity index (χ1v) is 7.19. The van der Waals surface area contributed by atoms with Gasteiger partial charge in [-0.15, -0.1) is 0 Å². The largest absolute Gasteiger partial charge is 0.496 e. The molecule has 0 bridgehead atoms. The number of aryl methyl sites for hydroxylation is 1. The third-order valence-electron chi connectivity index (χ3n) is 3.30. The molecule has 1 amide bonds. The molecule has 1 aromatic heterocycles. The highest BCUT2D eigenvalue weighted by Gasteiger charge is 2.20. The number of aromatic nitrogens is 2. The van der Waals surface area contributed by atoms with Crippen LogP contribution in [0.1, 0.15) is 17.2 Å². The summed E-state index contributed by atoms with van der Waals surface area (Å²) in [6, 6.07) is 4.84. The molecule has 2 rings (SSSR count). The lowest BCUT2D eigenvalue weighted by Gasteiger charge is -2.15. The van der Waals surface area contributed by atoms with E-state index in [1.54, 1.807) is 49.4 Å². The van der Waals surface area contributed by atoms with E-state index in [1.165, 1.54) is 0 Å². The number of halogens is 1. The molecular formula is C15H19ClN4O2. The van der Waals surface area contributed by atoms with Crippen LogP contribution in [-0.4, -0.2) is 29.8 Å². The van der Waals surface area contributed by atoms with Crippen LogP contribution in [0.5, 0.6) is 5.75 Å². The van der Waals surface area contributed by atoms with Gasteiger partial charge in [0.25, 0.3) is 0 Å². The van der Waals surface area contributed by atoms with E-state index in [-0.39, 0.29) is 5.91 Å². The zero-order valence-corrected chi connectivity index (χ0v) is 13.5. The van der Waals surface area contributed by atoms with Crippen LogP contribution in [-0.2, 0) is 18.4 Å². The lowest BCUT2D eigenvalue weighted by Crippen LogP contribution is -2.35. The van der Waals surface area contributed by atoms with Crippen molar-refractivity contribution >= 4 is 17.5 Å². The van der Waals surface area contributed by atoms with Crippen LogP contribution in [0, 0.1) is 0 Å². The van der Waals surface area contributed by atoms with Gasteiger partial charge in [-0.25, -0.2) is 0 Å². The van der Waals surface area contributed by atoms with Crippen molar-refractivity contribution in [3.8, 4) is 5.75 Å². The Morgan fingerprint density at radius 1 is 1.50 bits per heavy atom. The van der Waals surface area contributed by atoms with E-state index in [4.69, 9.17) is 16.3 Å². The molecule has 0 radical (unpaired) electrons. The first-order valence-electron chi connectivity index (χ1n) is 6.81. The fraction of sp³-hybridized carbons (Fsp3) is 0.333. The van der Waals surface area contributed by atoms with Gasteiger partial charge in [0.2, 0.25) is 5.91 Å². The molecule has 0 fully saturated rings. The standard InChI is InChI=1S/C15H19ClN4O2/c1-17-14(11-8-19-20(2)9-11)15(21)18-7-10-6-12(16)4-5-13(10)22-3/h4-6,8-9,14,17H,7H2,1-3H3,(H,18,21). The van der Waals surface area contributed by atoms with Crippen molar-refractivity contribution in [3.63, 3.8) is 0 Å². The number of amides is 1. The minimum Gasteiger partial charge on any atom is -0.496 e. The van der Waals surface area contributed by atoms with E-state index in [2.05, 4.69) is 15.7 Å². The molecule has 0 aliphatic carbocycles. The number of likely N-dealkylation sites (N-methyl/N-ethyl adjacent to an activating group) is 1. The highest BCUT2D eigenvalue weighted by molar-refractivity contribution is 6.30. The van der Waals surface area contributed by atoms with Crippen molar-refractivity contribution in [1.29, 1.82) is 0 Å². The van der Waals surface area contributed by atoms with Gasteiger partial charge in [0.1, 0.15) is 11.8 Å². The maximum atomic E-state index is 12.4. The number of rotatable bonds is 6. The van der Waals surface area contributed by atoms with Crippen LogP contribution in [0.2, 0.25) is 5.02 Å². The summed E-state index contributed by atoms with van der Waals surface area (Å²) in [5.41, 5.74) is 1.63. The number of benzene rings is 1. The van der Waals surface area contributed by atoms with Gasteiger partial charge in [0.05, 0.1) is 13.3 Å². The Balaban J connectivity index is 2.07. The predicted molar refractivity (Wildman–Crippen MR) is 84.9 cm³/mol. The second-order valence-corrected chi connectivity index (χ2v) is 5.28. The van der Waals surface area contributed by atoms with Gasteiger partial charge in [-0.05, 0) is 25.2 Å². The van der Waals surface area contributed by atoms with E-state index in [9.17, 15) is 4.79 Å². The van der Waals surface area contributed by atoms with Gasteiger partial charge in [-0.1, -0.05) is 11.6 Å². The summed E-state index contributed by atoms with van der Waals surface area (Å²) in [5, 5.41) is 10.6. The van der Waals surface area contributed by atoms with E-state index in [1.807, 2.05) is 7.05 Å². The third kappa shape index (κ3) is 3.78. The number of hydrogen-bond acceptors (Lipinski definition) is 4. The summed E-state index contributed by atoms with van der Waals surface area (Å²) in [6.45, 7) is 0.334. The average molecular weight is 323 g/mol. The molecule has 2 N–H and O–H groups in total. The maximum Gasteiger partial charge on any atom is 0.242 e. The number of carbonyl (C=O) groups is 1. The second-order valence-electron chi connectivity index (χ2n) is 4.84. The highest BCUT2D eigenvalue weighted by atomic mass is 35.5. The molecule has 0 saturated carbocycles. The molecule has 1 heterocycles. The molecule has 0 aliphatic heterocycles. The number of nitrogens with zero attached hydrogens (tertiary/aromatic N) is 2. The number of nitrogens with one attached hydrogen (secondary N) is 2. The van der Waals surface area contributed by atoms with Gasteiger partial charge in [0.15, 0.2) is 0 Å². The van der Waals surface area contributed by atoms with Crippen molar-refractivity contribution in [2.75, 3.05) is 14.2 Å². The van der Waals surface area contributed by atoms with E-state index >= 15 is 0 Å². The minimum absolute atomic E-state index is 0.141. The van der Waals surface area contributed by atoms with Gasteiger partial charge < -0.3 is 15.4 Å².